The largest absolute Gasteiger partial charge is 0.573 e. The molecular formula is C17H12F3N5O3S. The van der Waals surface area contributed by atoms with Crippen LogP contribution in [0.1, 0.15) is 15.2 Å². The number of carbonyl (C=O) groups is 1. The standard InChI is InChI=1S/C17H12F3N5O3S/c1-24-15(27)13-12(22)11-10(7(5-21)14(23)25-16(11)29-13)6-2-3-9(8(26)4-6)28-17(18,19)20/h2-4,26H,22H2,1H3,(H2,23,25)(H,24,27). The number of pyridine rings is 1. The first-order valence-corrected chi connectivity index (χ1v) is 8.61. The summed E-state index contributed by atoms with van der Waals surface area (Å²) in [5, 5.41) is 22.2. The molecule has 0 unspecified atom stereocenters. The van der Waals surface area contributed by atoms with Crippen molar-refractivity contribution >= 4 is 39.0 Å². The van der Waals surface area contributed by atoms with E-state index in [0.717, 1.165) is 23.5 Å². The van der Waals surface area contributed by atoms with Crippen molar-refractivity contribution in [2.45, 2.75) is 6.36 Å². The predicted octanol–water partition coefficient (Wildman–Crippen LogP) is 2.96. The fourth-order valence-corrected chi connectivity index (χ4v) is 3.80. The average molecular weight is 423 g/mol. The Morgan fingerprint density at radius 1 is 1.38 bits per heavy atom. The van der Waals surface area contributed by atoms with Gasteiger partial charge in [0.2, 0.25) is 0 Å². The minimum Gasteiger partial charge on any atom is -0.504 e. The van der Waals surface area contributed by atoms with Crippen molar-refractivity contribution in [2.24, 2.45) is 0 Å². The molecule has 1 amide bonds. The molecule has 2 aromatic heterocycles. The molecule has 0 spiro atoms. The molecule has 0 bridgehead atoms. The first kappa shape index (κ1) is 20.0. The summed E-state index contributed by atoms with van der Waals surface area (Å²) in [6, 6.07) is 4.95. The number of nitrogens with two attached hydrogens (primary N) is 2. The van der Waals surface area contributed by atoms with Crippen LogP contribution < -0.4 is 21.5 Å². The number of hydrogen-bond donors (Lipinski definition) is 4. The van der Waals surface area contributed by atoms with Crippen LogP contribution in [0.4, 0.5) is 24.7 Å². The number of aromatic nitrogens is 1. The minimum absolute atomic E-state index is 0.0263. The first-order chi connectivity index (χ1) is 13.6. The number of nitrogen functional groups attached to an aromatic ring is 2. The molecule has 3 aromatic rings. The number of fused-ring (bicyclic) bond motifs is 1. The number of rotatable bonds is 3. The molecule has 0 radical (unpaired) electrons. The lowest BCUT2D eigenvalue weighted by Gasteiger charge is -2.13. The fourth-order valence-electron chi connectivity index (χ4n) is 2.74. The lowest BCUT2D eigenvalue weighted by Crippen LogP contribution is -2.17. The quantitative estimate of drug-likeness (QED) is 0.506. The zero-order valence-corrected chi connectivity index (χ0v) is 15.4. The van der Waals surface area contributed by atoms with Crippen molar-refractivity contribution in [3.8, 4) is 28.7 Å². The molecule has 0 saturated heterocycles. The first-order valence-electron chi connectivity index (χ1n) is 7.80. The molecule has 1 aromatic carbocycles. The summed E-state index contributed by atoms with van der Waals surface area (Å²) >= 11 is 0.940. The van der Waals surface area contributed by atoms with E-state index in [2.05, 4.69) is 15.0 Å². The summed E-state index contributed by atoms with van der Waals surface area (Å²) in [6.45, 7) is 0. The summed E-state index contributed by atoms with van der Waals surface area (Å²) in [5.74, 6) is -2.27. The third-order valence-corrected chi connectivity index (χ3v) is 5.02. The highest BCUT2D eigenvalue weighted by atomic mass is 32.1. The van der Waals surface area contributed by atoms with Gasteiger partial charge in [-0.1, -0.05) is 6.07 Å². The van der Waals surface area contributed by atoms with Crippen LogP contribution >= 0.6 is 11.3 Å². The molecule has 6 N–H and O–H groups in total. The Balaban J connectivity index is 2.31. The van der Waals surface area contributed by atoms with Gasteiger partial charge in [0.15, 0.2) is 11.5 Å². The SMILES string of the molecule is CNC(=O)c1sc2nc(N)c(C#N)c(-c3ccc(OC(F)(F)F)c(O)c3)c2c1N. The number of thiophene rings is 1. The number of ether oxygens (including phenoxy) is 1. The third-order valence-electron chi connectivity index (χ3n) is 3.92. The maximum Gasteiger partial charge on any atom is 0.573 e. The van der Waals surface area contributed by atoms with Crippen LogP contribution in [0.25, 0.3) is 21.3 Å². The van der Waals surface area contributed by atoms with E-state index in [9.17, 15) is 28.3 Å². The number of anilines is 2. The van der Waals surface area contributed by atoms with Crippen molar-refractivity contribution in [3.63, 3.8) is 0 Å². The van der Waals surface area contributed by atoms with Crippen molar-refractivity contribution < 1.29 is 27.8 Å². The van der Waals surface area contributed by atoms with Gasteiger partial charge in [0.05, 0.1) is 5.69 Å². The lowest BCUT2D eigenvalue weighted by atomic mass is 9.97. The van der Waals surface area contributed by atoms with Crippen LogP contribution in [0.3, 0.4) is 0 Å². The number of benzene rings is 1. The zero-order valence-electron chi connectivity index (χ0n) is 14.6. The summed E-state index contributed by atoms with van der Waals surface area (Å²) in [5.41, 5.74) is 12.1. The van der Waals surface area contributed by atoms with Crippen molar-refractivity contribution in [1.29, 1.82) is 5.26 Å². The Kier molecular flexibility index (Phi) is 4.85. The molecule has 0 saturated carbocycles. The highest BCUT2D eigenvalue weighted by Crippen LogP contribution is 2.44. The van der Waals surface area contributed by atoms with Gasteiger partial charge in [-0.25, -0.2) is 4.98 Å². The molecule has 3 rings (SSSR count). The van der Waals surface area contributed by atoms with E-state index in [1.165, 1.54) is 13.1 Å². The molecule has 0 aliphatic carbocycles. The van der Waals surface area contributed by atoms with E-state index < -0.39 is 23.8 Å². The Hall–Kier alpha value is -3.72. The summed E-state index contributed by atoms with van der Waals surface area (Å²) in [7, 11) is 1.41. The second kappa shape index (κ2) is 7.02. The molecule has 8 nitrogen and oxygen atoms in total. The Labute approximate surface area is 165 Å². The number of phenols is 1. The lowest BCUT2D eigenvalue weighted by molar-refractivity contribution is -0.275. The Morgan fingerprint density at radius 3 is 2.62 bits per heavy atom. The second-order valence-electron chi connectivity index (χ2n) is 5.69. The molecule has 29 heavy (non-hydrogen) atoms. The van der Waals surface area contributed by atoms with E-state index in [-0.39, 0.29) is 43.3 Å². The van der Waals surface area contributed by atoms with Crippen LogP contribution in [0.5, 0.6) is 11.5 Å². The molecule has 150 valence electrons. The summed E-state index contributed by atoms with van der Waals surface area (Å²) < 4.78 is 41.0. The second-order valence-corrected chi connectivity index (χ2v) is 6.69. The fraction of sp³-hybridized carbons (Fsp3) is 0.118. The van der Waals surface area contributed by atoms with Gasteiger partial charge < -0.3 is 26.6 Å². The highest BCUT2D eigenvalue weighted by molar-refractivity contribution is 7.21. The third kappa shape index (κ3) is 3.55. The van der Waals surface area contributed by atoms with E-state index >= 15 is 0 Å². The summed E-state index contributed by atoms with van der Waals surface area (Å²) in [4.78, 5) is 16.5. The van der Waals surface area contributed by atoms with Crippen LogP contribution in [-0.4, -0.2) is 29.4 Å². The van der Waals surface area contributed by atoms with E-state index in [1.54, 1.807) is 0 Å². The number of nitriles is 1. The molecule has 12 heteroatoms. The van der Waals surface area contributed by atoms with Crippen LogP contribution in [0.15, 0.2) is 18.2 Å². The Morgan fingerprint density at radius 2 is 2.07 bits per heavy atom. The van der Waals surface area contributed by atoms with Gasteiger partial charge in [-0.15, -0.1) is 24.5 Å². The number of phenolic OH excluding ortho intramolecular Hbond substituents is 1. The number of amides is 1. The topological polar surface area (TPSA) is 147 Å². The monoisotopic (exact) mass is 423 g/mol. The van der Waals surface area contributed by atoms with Gasteiger partial charge in [-0.2, -0.15) is 5.26 Å². The zero-order chi connectivity index (χ0) is 21.5. The number of hydrogen-bond acceptors (Lipinski definition) is 8. The van der Waals surface area contributed by atoms with Crippen molar-refractivity contribution in [3.05, 3.63) is 28.6 Å². The van der Waals surface area contributed by atoms with Gasteiger partial charge in [0, 0.05) is 18.0 Å². The number of alkyl halides is 3. The number of carbonyl (C=O) groups excluding carboxylic acids is 1. The Bertz CT molecular complexity index is 1180. The average Bonchev–Trinajstić information content (AvgIpc) is 2.96. The van der Waals surface area contributed by atoms with Gasteiger partial charge in [-0.3, -0.25) is 4.79 Å². The number of halogens is 3. The summed E-state index contributed by atoms with van der Waals surface area (Å²) in [6.07, 6.45) is -4.99. The van der Waals surface area contributed by atoms with Gasteiger partial charge in [0.1, 0.15) is 27.2 Å². The minimum atomic E-state index is -4.99. The van der Waals surface area contributed by atoms with Crippen LogP contribution in [-0.2, 0) is 0 Å². The van der Waals surface area contributed by atoms with Crippen molar-refractivity contribution in [2.75, 3.05) is 18.5 Å². The number of nitrogens with zero attached hydrogens (tertiary/aromatic N) is 2. The molecule has 0 aliphatic rings. The van der Waals surface area contributed by atoms with Crippen LogP contribution in [0.2, 0.25) is 0 Å². The van der Waals surface area contributed by atoms with Crippen molar-refractivity contribution in [1.82, 2.24) is 10.3 Å². The predicted molar refractivity (Wildman–Crippen MR) is 100 cm³/mol. The number of aromatic hydroxyl groups is 1. The molecule has 0 aliphatic heterocycles. The van der Waals surface area contributed by atoms with E-state index in [0.29, 0.717) is 0 Å². The van der Waals surface area contributed by atoms with Crippen LogP contribution in [0, 0.1) is 11.3 Å². The van der Waals surface area contributed by atoms with Gasteiger partial charge in [0.25, 0.3) is 5.91 Å². The van der Waals surface area contributed by atoms with Gasteiger partial charge in [-0.05, 0) is 17.7 Å². The van der Waals surface area contributed by atoms with Gasteiger partial charge >= 0.3 is 6.36 Å². The number of nitrogens with one attached hydrogen (secondary N) is 1. The maximum atomic E-state index is 12.4. The highest BCUT2D eigenvalue weighted by Gasteiger charge is 2.32. The molecule has 0 atom stereocenters. The maximum absolute atomic E-state index is 12.4. The van der Waals surface area contributed by atoms with E-state index in [4.69, 9.17) is 11.5 Å². The molecule has 0 fully saturated rings. The molecular weight excluding hydrogens is 411 g/mol. The smallest absolute Gasteiger partial charge is 0.504 e. The normalized spacial score (nSPS) is 11.3. The van der Waals surface area contributed by atoms with E-state index in [1.807, 2.05) is 6.07 Å². The molecule has 2 heterocycles.